The molecular weight excluding hydrogens is 391 g/mol. The summed E-state index contributed by atoms with van der Waals surface area (Å²) in [5.74, 6) is 0.777. The maximum absolute atomic E-state index is 13.7. The minimum absolute atomic E-state index is 0.00708. The van der Waals surface area contributed by atoms with Crippen molar-refractivity contribution in [2.75, 3.05) is 6.61 Å². The summed E-state index contributed by atoms with van der Waals surface area (Å²) in [4.78, 5) is 28.7. The standard InChI is InChI=1S/C22H21FN2O5/c1-20(23)29-17-6-5-15(8-18(17)30-20)28-10-14(26)9-21-11-22(12-21,13-21)25-19(27)16-4-2-3-7-24-16/h2-8H,9-13H2,1H3,(H,25,27). The van der Waals surface area contributed by atoms with E-state index in [0.717, 1.165) is 19.3 Å². The van der Waals surface area contributed by atoms with E-state index in [2.05, 4.69) is 10.3 Å². The molecule has 3 fully saturated rings. The van der Waals surface area contributed by atoms with Crippen LogP contribution in [0.15, 0.2) is 42.6 Å². The van der Waals surface area contributed by atoms with Crippen LogP contribution in [0.1, 0.15) is 43.1 Å². The van der Waals surface area contributed by atoms with Crippen molar-refractivity contribution in [3.8, 4) is 17.2 Å². The predicted octanol–water partition coefficient (Wildman–Crippen LogP) is 3.19. The SMILES string of the molecule is CC1(F)Oc2ccc(OCC(=O)CC34CC(NC(=O)c5ccccn5)(C3)C4)cc2O1. The molecule has 1 unspecified atom stereocenters. The Balaban J connectivity index is 1.09. The topological polar surface area (TPSA) is 86.8 Å². The number of halogens is 1. The number of pyridine rings is 1. The molecule has 3 aliphatic carbocycles. The summed E-state index contributed by atoms with van der Waals surface area (Å²) in [6, 6.07) is 7.71. The molecule has 1 N–H and O–H groups in total. The normalized spacial score (nSPS) is 30.1. The Hall–Kier alpha value is -3.16. The van der Waals surface area contributed by atoms with Crippen molar-refractivity contribution in [1.29, 1.82) is 0 Å². The van der Waals surface area contributed by atoms with E-state index in [-0.39, 0.29) is 35.0 Å². The van der Waals surface area contributed by atoms with Crippen LogP contribution in [0, 0.1) is 5.41 Å². The molecule has 2 aromatic rings. The first-order valence-corrected chi connectivity index (χ1v) is 9.85. The monoisotopic (exact) mass is 412 g/mol. The molecule has 0 saturated heterocycles. The quantitative estimate of drug-likeness (QED) is 0.752. The number of hydrogen-bond acceptors (Lipinski definition) is 6. The molecule has 0 radical (unpaired) electrons. The zero-order valence-corrected chi connectivity index (χ0v) is 16.4. The summed E-state index contributed by atoms with van der Waals surface area (Å²) in [6.45, 7) is 1.11. The molecule has 2 heterocycles. The Morgan fingerprint density at radius 3 is 2.67 bits per heavy atom. The molecule has 8 heteroatoms. The molecule has 1 aliphatic heterocycles. The van der Waals surface area contributed by atoms with Gasteiger partial charge in [-0.2, -0.15) is 4.39 Å². The molecular formula is C22H21FN2O5. The maximum Gasteiger partial charge on any atom is 0.404 e. The predicted molar refractivity (Wildman–Crippen MR) is 103 cm³/mol. The van der Waals surface area contributed by atoms with Crippen LogP contribution in [0.25, 0.3) is 0 Å². The summed E-state index contributed by atoms with van der Waals surface area (Å²) in [7, 11) is 0. The van der Waals surface area contributed by atoms with Crippen molar-refractivity contribution in [3.05, 3.63) is 48.3 Å². The number of carbonyl (C=O) groups excluding carboxylic acids is 2. The van der Waals surface area contributed by atoms with Crippen molar-refractivity contribution in [1.82, 2.24) is 10.3 Å². The van der Waals surface area contributed by atoms with Crippen LogP contribution < -0.4 is 19.5 Å². The molecule has 4 aliphatic rings. The third-order valence-electron chi connectivity index (χ3n) is 5.89. The Bertz CT molecular complexity index is 1000. The number of benzene rings is 1. The van der Waals surface area contributed by atoms with E-state index in [4.69, 9.17) is 14.2 Å². The van der Waals surface area contributed by atoms with Gasteiger partial charge in [-0.3, -0.25) is 14.6 Å². The fourth-order valence-corrected chi connectivity index (χ4v) is 4.91. The summed E-state index contributed by atoms with van der Waals surface area (Å²) in [5.41, 5.74) is 0.159. The number of hydrogen-bond donors (Lipinski definition) is 1. The summed E-state index contributed by atoms with van der Waals surface area (Å²) < 4.78 is 29.3. The average Bonchev–Trinajstić information content (AvgIpc) is 2.97. The van der Waals surface area contributed by atoms with Gasteiger partial charge in [0, 0.05) is 31.1 Å². The van der Waals surface area contributed by atoms with Crippen LogP contribution >= 0.6 is 0 Å². The van der Waals surface area contributed by atoms with Crippen molar-refractivity contribution < 1.29 is 28.2 Å². The van der Waals surface area contributed by atoms with Gasteiger partial charge in [0.15, 0.2) is 17.3 Å². The van der Waals surface area contributed by atoms with Crippen LogP contribution in [0.3, 0.4) is 0 Å². The number of alkyl halides is 1. The molecule has 6 rings (SSSR count). The Morgan fingerprint density at radius 1 is 1.17 bits per heavy atom. The number of nitrogens with one attached hydrogen (secondary N) is 1. The van der Waals surface area contributed by atoms with Crippen molar-refractivity contribution >= 4 is 11.7 Å². The molecule has 0 spiro atoms. The number of aromatic nitrogens is 1. The number of ether oxygens (including phenoxy) is 3. The van der Waals surface area contributed by atoms with Gasteiger partial charge in [0.05, 0.1) is 0 Å². The minimum atomic E-state index is -2.19. The molecule has 1 atom stereocenters. The van der Waals surface area contributed by atoms with E-state index in [1.807, 2.05) is 0 Å². The van der Waals surface area contributed by atoms with E-state index < -0.39 is 6.04 Å². The summed E-state index contributed by atoms with van der Waals surface area (Å²) in [5, 5.41) is 3.06. The van der Waals surface area contributed by atoms with E-state index in [1.165, 1.54) is 13.0 Å². The van der Waals surface area contributed by atoms with Gasteiger partial charge in [0.1, 0.15) is 18.1 Å². The highest BCUT2D eigenvalue weighted by Crippen LogP contribution is 2.69. The summed E-state index contributed by atoms with van der Waals surface area (Å²) in [6.07, 6.45) is 4.39. The van der Waals surface area contributed by atoms with E-state index in [0.29, 0.717) is 23.6 Å². The molecule has 30 heavy (non-hydrogen) atoms. The molecule has 1 amide bonds. The smallest absolute Gasteiger partial charge is 0.404 e. The van der Waals surface area contributed by atoms with E-state index in [9.17, 15) is 14.0 Å². The highest BCUT2D eigenvalue weighted by molar-refractivity contribution is 5.93. The van der Waals surface area contributed by atoms with Crippen molar-refractivity contribution in [2.24, 2.45) is 5.41 Å². The van der Waals surface area contributed by atoms with Gasteiger partial charge in [-0.05, 0) is 48.9 Å². The lowest BCUT2D eigenvalue weighted by Gasteiger charge is -2.70. The second kappa shape index (κ2) is 6.42. The fraction of sp³-hybridized carbons (Fsp3) is 0.409. The molecule has 3 saturated carbocycles. The number of ketones is 1. The Morgan fingerprint density at radius 2 is 1.93 bits per heavy atom. The first-order chi connectivity index (χ1) is 14.3. The van der Waals surface area contributed by atoms with E-state index in [1.54, 1.807) is 36.5 Å². The largest absolute Gasteiger partial charge is 0.486 e. The molecule has 1 aromatic heterocycles. The van der Waals surface area contributed by atoms with Crippen LogP contribution in [0.4, 0.5) is 4.39 Å². The molecule has 1 aromatic carbocycles. The lowest BCUT2D eigenvalue weighted by molar-refractivity contribution is -0.173. The van der Waals surface area contributed by atoms with Crippen LogP contribution in [0.5, 0.6) is 17.2 Å². The lowest BCUT2D eigenvalue weighted by atomic mass is 9.38. The first-order valence-electron chi connectivity index (χ1n) is 9.85. The third-order valence-corrected chi connectivity index (χ3v) is 5.89. The van der Waals surface area contributed by atoms with Gasteiger partial charge >= 0.3 is 6.04 Å². The third kappa shape index (κ3) is 3.36. The Kier molecular flexibility index (Phi) is 4.03. The highest BCUT2D eigenvalue weighted by Gasteiger charge is 2.68. The van der Waals surface area contributed by atoms with Gasteiger partial charge < -0.3 is 19.5 Å². The zero-order chi connectivity index (χ0) is 21.0. The molecule has 7 nitrogen and oxygen atoms in total. The summed E-state index contributed by atoms with van der Waals surface area (Å²) >= 11 is 0. The average molecular weight is 412 g/mol. The number of Topliss-reactive ketones (excluding diaryl/α,β-unsaturated/α-hetero) is 1. The van der Waals surface area contributed by atoms with E-state index >= 15 is 0 Å². The second-order valence-electron chi connectivity index (χ2n) is 8.63. The minimum Gasteiger partial charge on any atom is -0.486 e. The van der Waals surface area contributed by atoms with Crippen molar-refractivity contribution in [2.45, 2.75) is 44.2 Å². The van der Waals surface area contributed by atoms with Gasteiger partial charge in [-0.1, -0.05) is 6.07 Å². The van der Waals surface area contributed by atoms with Crippen LogP contribution in [-0.2, 0) is 4.79 Å². The fourth-order valence-electron chi connectivity index (χ4n) is 4.91. The van der Waals surface area contributed by atoms with Crippen molar-refractivity contribution in [3.63, 3.8) is 0 Å². The molecule has 2 bridgehead atoms. The first kappa shape index (κ1) is 18.8. The van der Waals surface area contributed by atoms with Gasteiger partial charge in [-0.15, -0.1) is 0 Å². The number of carbonyl (C=O) groups is 2. The highest BCUT2D eigenvalue weighted by atomic mass is 19.2. The van der Waals surface area contributed by atoms with Gasteiger partial charge in [0.25, 0.3) is 5.91 Å². The lowest BCUT2D eigenvalue weighted by Crippen LogP contribution is -2.75. The number of fused-ring (bicyclic) bond motifs is 1. The van der Waals surface area contributed by atoms with Gasteiger partial charge in [-0.25, -0.2) is 0 Å². The van der Waals surface area contributed by atoms with Gasteiger partial charge in [0.2, 0.25) is 0 Å². The molecule has 156 valence electrons. The number of nitrogens with zero attached hydrogens (tertiary/aromatic N) is 1. The van der Waals surface area contributed by atoms with Crippen LogP contribution in [0.2, 0.25) is 0 Å². The van der Waals surface area contributed by atoms with Crippen LogP contribution in [-0.4, -0.2) is 34.9 Å². The number of rotatable bonds is 7. The maximum atomic E-state index is 13.7. The Labute approximate surface area is 172 Å². The number of amides is 1. The zero-order valence-electron chi connectivity index (χ0n) is 16.4. The second-order valence-corrected chi connectivity index (χ2v) is 8.63.